The molecule has 22 heavy (non-hydrogen) atoms. The average Bonchev–Trinajstić information content (AvgIpc) is 2.53. The van der Waals surface area contributed by atoms with Crippen LogP contribution in [0.3, 0.4) is 0 Å². The lowest BCUT2D eigenvalue weighted by atomic mass is 10.1. The Hall–Kier alpha value is -2.61. The molecule has 116 valence electrons. The Bertz CT molecular complexity index is 644. The third-order valence-corrected chi connectivity index (χ3v) is 3.54. The zero-order valence-corrected chi connectivity index (χ0v) is 11.6. The second-order valence-electron chi connectivity index (χ2n) is 4.98. The van der Waals surface area contributed by atoms with Gasteiger partial charge in [0.2, 0.25) is 0 Å². The van der Waals surface area contributed by atoms with E-state index in [1.807, 2.05) is 0 Å². The van der Waals surface area contributed by atoms with E-state index >= 15 is 0 Å². The van der Waals surface area contributed by atoms with Gasteiger partial charge in [0.1, 0.15) is 5.75 Å². The van der Waals surface area contributed by atoms with Crippen molar-refractivity contribution in [3.05, 3.63) is 23.8 Å². The summed E-state index contributed by atoms with van der Waals surface area (Å²) in [6, 6.07) is 3.60. The normalized spacial score (nSPS) is 20.6. The van der Waals surface area contributed by atoms with Crippen molar-refractivity contribution < 1.29 is 29.0 Å². The molecular formula is C14H14N2O6. The zero-order chi connectivity index (χ0) is 15.7. The largest absolute Gasteiger partial charge is 0.482 e. The molecule has 2 heterocycles. The van der Waals surface area contributed by atoms with Gasteiger partial charge in [-0.15, -0.1) is 0 Å². The van der Waals surface area contributed by atoms with E-state index in [0.29, 0.717) is 23.6 Å². The highest BCUT2D eigenvalue weighted by atomic mass is 16.5. The third kappa shape index (κ3) is 2.60. The minimum absolute atomic E-state index is 0.0292. The van der Waals surface area contributed by atoms with Gasteiger partial charge in [-0.1, -0.05) is 0 Å². The number of rotatable bonds is 2. The maximum absolute atomic E-state index is 12.5. The van der Waals surface area contributed by atoms with Gasteiger partial charge in [0.05, 0.1) is 18.9 Å². The van der Waals surface area contributed by atoms with Crippen LogP contribution in [0, 0.1) is 0 Å². The summed E-state index contributed by atoms with van der Waals surface area (Å²) < 4.78 is 10.4. The molecule has 2 N–H and O–H groups in total. The van der Waals surface area contributed by atoms with Gasteiger partial charge >= 0.3 is 5.97 Å². The van der Waals surface area contributed by atoms with E-state index in [2.05, 4.69) is 5.32 Å². The van der Waals surface area contributed by atoms with E-state index < -0.39 is 17.9 Å². The quantitative estimate of drug-likeness (QED) is 0.793. The van der Waals surface area contributed by atoms with Crippen LogP contribution in [0.5, 0.6) is 5.75 Å². The van der Waals surface area contributed by atoms with Crippen LogP contribution in [0.1, 0.15) is 10.4 Å². The molecule has 1 aromatic carbocycles. The lowest BCUT2D eigenvalue weighted by Crippen LogP contribution is -2.52. The maximum atomic E-state index is 12.5. The summed E-state index contributed by atoms with van der Waals surface area (Å²) >= 11 is 0. The number of morpholine rings is 1. The summed E-state index contributed by atoms with van der Waals surface area (Å²) in [6.07, 6.45) is 0. The van der Waals surface area contributed by atoms with E-state index in [1.165, 1.54) is 17.0 Å². The number of fused-ring (bicyclic) bond motifs is 1. The van der Waals surface area contributed by atoms with Crippen LogP contribution in [-0.4, -0.2) is 60.2 Å². The lowest BCUT2D eigenvalue weighted by molar-refractivity contribution is -0.147. The molecule has 2 aliphatic rings. The highest BCUT2D eigenvalue weighted by molar-refractivity contribution is 6.00. The van der Waals surface area contributed by atoms with Crippen LogP contribution >= 0.6 is 0 Å². The maximum Gasteiger partial charge on any atom is 0.328 e. The molecule has 1 saturated heterocycles. The summed E-state index contributed by atoms with van der Waals surface area (Å²) in [6.45, 7) is 0.371. The number of carbonyl (C=O) groups is 3. The first-order valence-corrected chi connectivity index (χ1v) is 6.74. The molecule has 8 nitrogen and oxygen atoms in total. The van der Waals surface area contributed by atoms with Gasteiger partial charge in [-0.2, -0.15) is 0 Å². The standard InChI is InChI=1S/C14H14N2O6/c17-12-7-22-11-5-8(1-2-9(11)15-12)13(18)16-3-4-21-6-10(16)14(19)20/h1-2,5,10H,3-4,6-7H2,(H,15,17)(H,19,20). The highest BCUT2D eigenvalue weighted by Gasteiger charge is 2.33. The molecule has 2 aliphatic heterocycles. The van der Waals surface area contributed by atoms with Crippen molar-refractivity contribution in [3.8, 4) is 5.75 Å². The molecule has 1 fully saturated rings. The van der Waals surface area contributed by atoms with Crippen LogP contribution in [-0.2, 0) is 14.3 Å². The number of ether oxygens (including phenoxy) is 2. The van der Waals surface area contributed by atoms with Crippen molar-refractivity contribution >= 4 is 23.5 Å². The Morgan fingerprint density at radius 3 is 2.95 bits per heavy atom. The van der Waals surface area contributed by atoms with Gasteiger partial charge in [0, 0.05) is 12.1 Å². The van der Waals surface area contributed by atoms with Crippen molar-refractivity contribution in [1.82, 2.24) is 4.90 Å². The second kappa shape index (κ2) is 5.64. The number of aliphatic carboxylic acids is 1. The number of carboxylic acids is 1. The van der Waals surface area contributed by atoms with Crippen molar-refractivity contribution in [1.29, 1.82) is 0 Å². The van der Waals surface area contributed by atoms with Crippen LogP contribution in [0.4, 0.5) is 5.69 Å². The molecule has 0 aromatic heterocycles. The minimum Gasteiger partial charge on any atom is -0.482 e. The SMILES string of the molecule is O=C1COc2cc(C(=O)N3CCOCC3C(=O)O)ccc2N1. The summed E-state index contributed by atoms with van der Waals surface area (Å²) in [5.41, 5.74) is 0.799. The van der Waals surface area contributed by atoms with Gasteiger partial charge in [-0.05, 0) is 18.2 Å². The Balaban J connectivity index is 1.85. The van der Waals surface area contributed by atoms with Crippen LogP contribution in [0.2, 0.25) is 0 Å². The molecule has 0 radical (unpaired) electrons. The molecule has 1 unspecified atom stereocenters. The van der Waals surface area contributed by atoms with E-state index in [4.69, 9.17) is 9.47 Å². The minimum atomic E-state index is -1.10. The van der Waals surface area contributed by atoms with Gasteiger partial charge < -0.3 is 24.8 Å². The number of amides is 2. The fraction of sp³-hybridized carbons (Fsp3) is 0.357. The molecule has 3 rings (SSSR count). The Labute approximate surface area is 125 Å². The summed E-state index contributed by atoms with van der Waals surface area (Å²) in [7, 11) is 0. The van der Waals surface area contributed by atoms with E-state index in [9.17, 15) is 19.5 Å². The number of carboxylic acid groups (broad SMARTS) is 1. The number of benzene rings is 1. The molecule has 0 saturated carbocycles. The number of hydrogen-bond acceptors (Lipinski definition) is 5. The first-order valence-electron chi connectivity index (χ1n) is 6.74. The van der Waals surface area contributed by atoms with E-state index in [-0.39, 0.29) is 25.7 Å². The first kappa shape index (κ1) is 14.3. The lowest BCUT2D eigenvalue weighted by Gasteiger charge is -2.33. The van der Waals surface area contributed by atoms with E-state index in [1.54, 1.807) is 6.07 Å². The topological polar surface area (TPSA) is 105 Å². The van der Waals surface area contributed by atoms with Crippen molar-refractivity contribution in [3.63, 3.8) is 0 Å². The molecule has 8 heteroatoms. The zero-order valence-electron chi connectivity index (χ0n) is 11.6. The van der Waals surface area contributed by atoms with E-state index in [0.717, 1.165) is 0 Å². The van der Waals surface area contributed by atoms with Crippen molar-refractivity contribution in [2.75, 3.05) is 31.7 Å². The summed E-state index contributed by atoms with van der Waals surface area (Å²) in [5.74, 6) is -1.37. The number of anilines is 1. The first-order chi connectivity index (χ1) is 10.6. The summed E-state index contributed by atoms with van der Waals surface area (Å²) in [5, 5.41) is 11.8. The van der Waals surface area contributed by atoms with Gasteiger partial charge in [-0.25, -0.2) is 4.79 Å². The Morgan fingerprint density at radius 1 is 1.36 bits per heavy atom. The second-order valence-corrected chi connectivity index (χ2v) is 4.98. The highest BCUT2D eigenvalue weighted by Crippen LogP contribution is 2.29. The Kier molecular flexibility index (Phi) is 3.68. The Morgan fingerprint density at radius 2 is 2.18 bits per heavy atom. The van der Waals surface area contributed by atoms with Gasteiger partial charge in [0.25, 0.3) is 11.8 Å². The van der Waals surface area contributed by atoms with Crippen molar-refractivity contribution in [2.24, 2.45) is 0 Å². The van der Waals surface area contributed by atoms with Crippen LogP contribution in [0.15, 0.2) is 18.2 Å². The smallest absolute Gasteiger partial charge is 0.328 e. The number of hydrogen-bond donors (Lipinski definition) is 2. The van der Waals surface area contributed by atoms with Crippen LogP contribution < -0.4 is 10.1 Å². The average molecular weight is 306 g/mol. The molecule has 0 bridgehead atoms. The fourth-order valence-electron chi connectivity index (χ4n) is 2.42. The predicted octanol–water partition coefficient (Wildman–Crippen LogP) is -0.0569. The van der Waals surface area contributed by atoms with Gasteiger partial charge in [0.15, 0.2) is 12.6 Å². The number of nitrogens with zero attached hydrogens (tertiary/aromatic N) is 1. The fourth-order valence-corrected chi connectivity index (χ4v) is 2.42. The predicted molar refractivity (Wildman–Crippen MR) is 73.8 cm³/mol. The molecule has 1 atom stereocenters. The van der Waals surface area contributed by atoms with Crippen LogP contribution in [0.25, 0.3) is 0 Å². The number of nitrogens with one attached hydrogen (secondary N) is 1. The number of carbonyl (C=O) groups excluding carboxylic acids is 2. The molecular weight excluding hydrogens is 292 g/mol. The van der Waals surface area contributed by atoms with Gasteiger partial charge in [-0.3, -0.25) is 9.59 Å². The summed E-state index contributed by atoms with van der Waals surface area (Å²) in [4.78, 5) is 36.2. The molecule has 0 spiro atoms. The third-order valence-electron chi connectivity index (χ3n) is 3.54. The molecule has 2 amide bonds. The van der Waals surface area contributed by atoms with Crippen molar-refractivity contribution in [2.45, 2.75) is 6.04 Å². The molecule has 1 aromatic rings. The molecule has 0 aliphatic carbocycles. The monoisotopic (exact) mass is 306 g/mol.